The van der Waals surface area contributed by atoms with Gasteiger partial charge in [0, 0.05) is 24.2 Å². The lowest BCUT2D eigenvalue weighted by Crippen LogP contribution is -2.13. The second kappa shape index (κ2) is 5.10. The molecular formula is C19H14B2N. The monoisotopic (exact) mass is 278 g/mol. The Labute approximate surface area is 132 Å². The number of para-hydroxylation sites is 1. The molecule has 0 saturated carbocycles. The molecule has 0 aliphatic rings. The molecule has 4 rings (SSSR count). The van der Waals surface area contributed by atoms with Crippen LogP contribution in [0.3, 0.4) is 0 Å². The van der Waals surface area contributed by atoms with E-state index in [1.807, 2.05) is 6.07 Å². The Kier molecular flexibility index (Phi) is 3.07. The summed E-state index contributed by atoms with van der Waals surface area (Å²) in [6.45, 7) is 2.13. The number of benzene rings is 3. The Morgan fingerprint density at radius 3 is 2.23 bits per heavy atom. The SMILES string of the molecule is [B][B]c1ccc2c(c1)c1cc(C)ccc1n2-c1ccccc1. The van der Waals surface area contributed by atoms with E-state index in [1.165, 1.54) is 33.1 Å². The van der Waals surface area contributed by atoms with Crippen LogP contribution in [0.4, 0.5) is 0 Å². The number of aromatic nitrogens is 1. The van der Waals surface area contributed by atoms with E-state index in [9.17, 15) is 0 Å². The van der Waals surface area contributed by atoms with Gasteiger partial charge in [0.25, 0.3) is 0 Å². The lowest BCUT2D eigenvalue weighted by atomic mass is 9.51. The minimum absolute atomic E-state index is 1.04. The van der Waals surface area contributed by atoms with Crippen molar-refractivity contribution in [1.29, 1.82) is 0 Å². The van der Waals surface area contributed by atoms with Crippen molar-refractivity contribution in [2.45, 2.75) is 6.92 Å². The number of nitrogens with zero attached hydrogens (tertiary/aromatic N) is 1. The van der Waals surface area contributed by atoms with Crippen molar-refractivity contribution < 1.29 is 0 Å². The fourth-order valence-electron chi connectivity index (χ4n) is 3.11. The molecule has 0 aliphatic carbocycles. The van der Waals surface area contributed by atoms with Gasteiger partial charge in [0.1, 0.15) is 0 Å². The highest BCUT2D eigenvalue weighted by Gasteiger charge is 2.12. The van der Waals surface area contributed by atoms with E-state index in [0.29, 0.717) is 0 Å². The molecule has 1 nitrogen and oxygen atoms in total. The molecule has 1 heterocycles. The van der Waals surface area contributed by atoms with Gasteiger partial charge in [-0.15, -0.1) is 0 Å². The summed E-state index contributed by atoms with van der Waals surface area (Å²) < 4.78 is 2.31. The normalized spacial score (nSPS) is 11.1. The molecule has 0 saturated heterocycles. The van der Waals surface area contributed by atoms with E-state index >= 15 is 0 Å². The first-order chi connectivity index (χ1) is 10.8. The fraction of sp³-hybridized carbons (Fsp3) is 0.0526. The maximum atomic E-state index is 5.70. The topological polar surface area (TPSA) is 4.93 Å². The van der Waals surface area contributed by atoms with Crippen LogP contribution in [0.2, 0.25) is 0 Å². The van der Waals surface area contributed by atoms with Crippen molar-refractivity contribution in [3.05, 3.63) is 72.3 Å². The molecule has 3 radical (unpaired) electrons. The number of fused-ring (bicyclic) bond motifs is 3. The minimum atomic E-state index is 1.04. The Morgan fingerprint density at radius 2 is 1.50 bits per heavy atom. The molecule has 101 valence electrons. The van der Waals surface area contributed by atoms with Crippen LogP contribution >= 0.6 is 0 Å². The highest BCUT2D eigenvalue weighted by Crippen LogP contribution is 2.31. The second-order valence-corrected chi connectivity index (χ2v) is 5.63. The summed E-state index contributed by atoms with van der Waals surface area (Å²) >= 11 is 0. The molecule has 1 aromatic heterocycles. The van der Waals surface area contributed by atoms with Crippen LogP contribution in [0, 0.1) is 6.92 Å². The van der Waals surface area contributed by atoms with Gasteiger partial charge in [0.05, 0.1) is 18.2 Å². The minimum Gasteiger partial charge on any atom is -0.309 e. The third-order valence-corrected chi connectivity index (χ3v) is 4.15. The number of aryl methyl sites for hydroxylation is 1. The van der Waals surface area contributed by atoms with Crippen molar-refractivity contribution in [1.82, 2.24) is 4.57 Å². The zero-order valence-electron chi connectivity index (χ0n) is 12.5. The molecule has 0 aliphatic heterocycles. The van der Waals surface area contributed by atoms with Crippen LogP contribution in [-0.2, 0) is 0 Å². The van der Waals surface area contributed by atoms with Crippen LogP contribution in [0.15, 0.2) is 66.7 Å². The highest BCUT2D eigenvalue weighted by atomic mass is 15.0. The predicted octanol–water partition coefficient (Wildman–Crippen LogP) is 3.51. The largest absolute Gasteiger partial charge is 0.309 e. The van der Waals surface area contributed by atoms with Gasteiger partial charge in [-0.3, -0.25) is 0 Å². The van der Waals surface area contributed by atoms with E-state index in [0.717, 1.165) is 5.46 Å². The van der Waals surface area contributed by atoms with Crippen molar-refractivity contribution in [3.8, 4) is 5.69 Å². The molecule has 0 bridgehead atoms. The average molecular weight is 278 g/mol. The van der Waals surface area contributed by atoms with E-state index in [-0.39, 0.29) is 0 Å². The maximum Gasteiger partial charge on any atom is 0.0957 e. The lowest BCUT2D eigenvalue weighted by molar-refractivity contribution is 1.18. The second-order valence-electron chi connectivity index (χ2n) is 5.63. The quantitative estimate of drug-likeness (QED) is 0.494. The molecular weight excluding hydrogens is 264 g/mol. The van der Waals surface area contributed by atoms with Crippen LogP contribution in [0.5, 0.6) is 0 Å². The lowest BCUT2D eigenvalue weighted by Gasteiger charge is -2.07. The summed E-state index contributed by atoms with van der Waals surface area (Å²) in [6, 6.07) is 23.5. The molecule has 3 aromatic carbocycles. The number of rotatable bonds is 2. The fourth-order valence-corrected chi connectivity index (χ4v) is 3.11. The predicted molar refractivity (Wildman–Crippen MR) is 96.7 cm³/mol. The van der Waals surface area contributed by atoms with E-state index < -0.39 is 0 Å². The Morgan fingerprint density at radius 1 is 0.818 bits per heavy atom. The first-order valence-corrected chi connectivity index (χ1v) is 7.43. The van der Waals surface area contributed by atoms with Crippen LogP contribution in [-0.4, -0.2) is 19.5 Å². The van der Waals surface area contributed by atoms with Crippen LogP contribution in [0.1, 0.15) is 5.56 Å². The van der Waals surface area contributed by atoms with Crippen molar-refractivity contribution in [2.75, 3.05) is 0 Å². The molecule has 4 aromatic rings. The smallest absolute Gasteiger partial charge is 0.0957 e. The molecule has 0 unspecified atom stereocenters. The molecule has 0 amide bonds. The van der Waals surface area contributed by atoms with Gasteiger partial charge < -0.3 is 4.57 Å². The highest BCUT2D eigenvalue weighted by molar-refractivity contribution is 6.97. The van der Waals surface area contributed by atoms with E-state index in [2.05, 4.69) is 72.2 Å². The van der Waals surface area contributed by atoms with Crippen LogP contribution in [0.25, 0.3) is 27.5 Å². The zero-order chi connectivity index (χ0) is 15.1. The molecule has 0 atom stereocenters. The van der Waals surface area contributed by atoms with Gasteiger partial charge in [-0.05, 0) is 37.3 Å². The van der Waals surface area contributed by atoms with Crippen LogP contribution < -0.4 is 5.46 Å². The third-order valence-electron chi connectivity index (χ3n) is 4.15. The zero-order valence-corrected chi connectivity index (χ0v) is 12.5. The van der Waals surface area contributed by atoms with Crippen molar-refractivity contribution >= 4 is 42.2 Å². The van der Waals surface area contributed by atoms with Gasteiger partial charge in [-0.1, -0.05) is 47.4 Å². The summed E-state index contributed by atoms with van der Waals surface area (Å²) in [5.41, 5.74) is 5.91. The first kappa shape index (κ1) is 13.3. The number of hydrogen-bond acceptors (Lipinski definition) is 0. The summed E-state index contributed by atoms with van der Waals surface area (Å²) in [5.74, 6) is 0. The standard InChI is InChI=1S/C19H14B2N/c1-13-7-9-18-16(11-13)17-12-14(21-20)8-10-19(17)22(18)15-5-3-2-4-6-15/h2-12H,1H3. The van der Waals surface area contributed by atoms with Gasteiger partial charge in [-0.2, -0.15) is 0 Å². The van der Waals surface area contributed by atoms with Gasteiger partial charge in [0.2, 0.25) is 0 Å². The molecule has 0 N–H and O–H groups in total. The summed E-state index contributed by atoms with van der Waals surface area (Å²) in [7, 11) is 7.35. The van der Waals surface area contributed by atoms with Gasteiger partial charge in [0.15, 0.2) is 0 Å². The molecule has 22 heavy (non-hydrogen) atoms. The van der Waals surface area contributed by atoms with Gasteiger partial charge in [-0.25, -0.2) is 0 Å². The average Bonchev–Trinajstić information content (AvgIpc) is 2.88. The van der Waals surface area contributed by atoms with Crippen molar-refractivity contribution in [2.24, 2.45) is 0 Å². The molecule has 0 spiro atoms. The van der Waals surface area contributed by atoms with E-state index in [4.69, 9.17) is 7.74 Å². The number of hydrogen-bond donors (Lipinski definition) is 0. The van der Waals surface area contributed by atoms with Crippen molar-refractivity contribution in [3.63, 3.8) is 0 Å². The Bertz CT molecular complexity index is 971. The Balaban J connectivity index is 2.18. The summed E-state index contributed by atoms with van der Waals surface area (Å²) in [5, 5.41) is 2.50. The molecule has 3 heteroatoms. The van der Waals surface area contributed by atoms with Gasteiger partial charge >= 0.3 is 0 Å². The molecule has 0 fully saturated rings. The Hall–Kier alpha value is -2.41. The summed E-state index contributed by atoms with van der Waals surface area (Å²) in [4.78, 5) is 0. The van der Waals surface area contributed by atoms with E-state index in [1.54, 1.807) is 7.17 Å². The maximum absolute atomic E-state index is 5.70. The summed E-state index contributed by atoms with van der Waals surface area (Å²) in [6.07, 6.45) is 0. The third kappa shape index (κ3) is 1.97. The first-order valence-electron chi connectivity index (χ1n) is 7.43.